The van der Waals surface area contributed by atoms with Gasteiger partial charge in [-0.3, -0.25) is 9.78 Å². The summed E-state index contributed by atoms with van der Waals surface area (Å²) in [6, 6.07) is 6.09. The van der Waals surface area contributed by atoms with E-state index in [2.05, 4.69) is 26.8 Å². The Hall–Kier alpha value is -2.70. The second-order valence-corrected chi connectivity index (χ2v) is 6.32. The van der Waals surface area contributed by atoms with Crippen LogP contribution in [0.3, 0.4) is 0 Å². The van der Waals surface area contributed by atoms with Gasteiger partial charge < -0.3 is 14.7 Å². The van der Waals surface area contributed by atoms with Crippen molar-refractivity contribution in [2.45, 2.75) is 13.3 Å². The molecule has 1 aliphatic rings. The fourth-order valence-corrected chi connectivity index (χ4v) is 2.86. The summed E-state index contributed by atoms with van der Waals surface area (Å²) in [6.45, 7) is 5.83. The van der Waals surface area contributed by atoms with E-state index < -0.39 is 0 Å². The van der Waals surface area contributed by atoms with Gasteiger partial charge in [0.1, 0.15) is 5.82 Å². The molecule has 7 heteroatoms. The largest absolute Gasteiger partial charge is 0.359 e. The number of carbonyl (C=O) groups is 1. The Kier molecular flexibility index (Phi) is 5.42. The van der Waals surface area contributed by atoms with E-state index in [1.807, 2.05) is 37.5 Å². The van der Waals surface area contributed by atoms with Crippen molar-refractivity contribution in [2.24, 2.45) is 0 Å². The Bertz CT molecular complexity index is 700. The predicted molar refractivity (Wildman–Crippen MR) is 97.8 cm³/mol. The molecule has 1 aliphatic heterocycles. The fraction of sp³-hybridized carbons (Fsp3) is 0.444. The first-order chi connectivity index (χ1) is 12.2. The van der Waals surface area contributed by atoms with Crippen molar-refractivity contribution in [3.63, 3.8) is 0 Å². The minimum Gasteiger partial charge on any atom is -0.359 e. The Morgan fingerprint density at radius 1 is 1.16 bits per heavy atom. The topological polar surface area (TPSA) is 65.5 Å². The molecule has 132 valence electrons. The molecule has 0 N–H and O–H groups in total. The maximum atomic E-state index is 10.9. The second-order valence-electron chi connectivity index (χ2n) is 6.32. The van der Waals surface area contributed by atoms with Gasteiger partial charge in [0, 0.05) is 63.9 Å². The zero-order valence-electron chi connectivity index (χ0n) is 14.8. The van der Waals surface area contributed by atoms with Crippen molar-refractivity contribution < 1.29 is 4.79 Å². The minimum atomic E-state index is 0.716. The number of carbonyl (C=O) groups excluding carboxylic acids is 1. The van der Waals surface area contributed by atoms with Gasteiger partial charge in [0.25, 0.3) is 0 Å². The Labute approximate surface area is 148 Å². The monoisotopic (exact) mass is 340 g/mol. The molecule has 0 bridgehead atoms. The van der Waals surface area contributed by atoms with Gasteiger partial charge in [-0.2, -0.15) is 4.98 Å². The van der Waals surface area contributed by atoms with Crippen molar-refractivity contribution in [2.75, 3.05) is 49.6 Å². The summed E-state index contributed by atoms with van der Waals surface area (Å²) < 4.78 is 0. The van der Waals surface area contributed by atoms with E-state index in [1.165, 1.54) is 5.56 Å². The predicted octanol–water partition coefficient (Wildman–Crippen LogP) is 1.14. The highest BCUT2D eigenvalue weighted by Crippen LogP contribution is 2.18. The average molecular weight is 340 g/mol. The van der Waals surface area contributed by atoms with Gasteiger partial charge in [-0.1, -0.05) is 0 Å². The third-order valence-corrected chi connectivity index (χ3v) is 4.45. The number of piperazine rings is 1. The summed E-state index contributed by atoms with van der Waals surface area (Å²) in [7, 11) is 2.05. The van der Waals surface area contributed by atoms with Gasteiger partial charge in [0.2, 0.25) is 12.4 Å². The molecule has 7 nitrogen and oxygen atoms in total. The first-order valence-corrected chi connectivity index (χ1v) is 8.56. The zero-order valence-corrected chi connectivity index (χ0v) is 14.8. The van der Waals surface area contributed by atoms with Crippen molar-refractivity contribution in [1.29, 1.82) is 0 Å². The molecule has 0 radical (unpaired) electrons. The number of anilines is 2. The van der Waals surface area contributed by atoms with Gasteiger partial charge in [-0.25, -0.2) is 4.98 Å². The molecule has 2 aromatic heterocycles. The average Bonchev–Trinajstić information content (AvgIpc) is 2.66. The smallest absolute Gasteiger partial charge is 0.227 e. The van der Waals surface area contributed by atoms with E-state index in [-0.39, 0.29) is 0 Å². The van der Waals surface area contributed by atoms with E-state index in [1.54, 1.807) is 4.90 Å². The van der Waals surface area contributed by atoms with Crippen LogP contribution in [0.5, 0.6) is 0 Å². The molecule has 0 spiro atoms. The van der Waals surface area contributed by atoms with Gasteiger partial charge in [0.15, 0.2) is 0 Å². The Morgan fingerprint density at radius 2 is 1.88 bits per heavy atom. The lowest BCUT2D eigenvalue weighted by Gasteiger charge is -2.33. The molecule has 0 aromatic carbocycles. The maximum Gasteiger partial charge on any atom is 0.227 e. The first kappa shape index (κ1) is 17.1. The quantitative estimate of drug-likeness (QED) is 0.735. The normalized spacial score (nSPS) is 14.5. The molecule has 1 saturated heterocycles. The number of nitrogens with zero attached hydrogens (tertiary/aromatic N) is 6. The van der Waals surface area contributed by atoms with Crippen LogP contribution in [0.4, 0.5) is 11.8 Å². The van der Waals surface area contributed by atoms with Crippen LogP contribution >= 0.6 is 0 Å². The number of rotatable bonds is 6. The van der Waals surface area contributed by atoms with E-state index in [9.17, 15) is 4.79 Å². The second kappa shape index (κ2) is 7.92. The minimum absolute atomic E-state index is 0.716. The Morgan fingerprint density at radius 3 is 2.56 bits per heavy atom. The lowest BCUT2D eigenvalue weighted by Crippen LogP contribution is -2.46. The molecule has 3 heterocycles. The van der Waals surface area contributed by atoms with Crippen molar-refractivity contribution in [3.05, 3.63) is 41.9 Å². The summed E-state index contributed by atoms with van der Waals surface area (Å²) in [4.78, 5) is 30.3. The van der Waals surface area contributed by atoms with Crippen LogP contribution in [0.15, 0.2) is 30.6 Å². The van der Waals surface area contributed by atoms with Gasteiger partial charge in [-0.05, 0) is 31.0 Å². The number of aryl methyl sites for hydroxylation is 1. The number of amides is 1. The Balaban J connectivity index is 1.67. The third kappa shape index (κ3) is 4.43. The van der Waals surface area contributed by atoms with Crippen LogP contribution in [-0.2, 0) is 11.2 Å². The number of likely N-dealkylation sites (N-methyl/N-ethyl adjacent to an activating group) is 1. The van der Waals surface area contributed by atoms with Gasteiger partial charge in [0.05, 0.1) is 0 Å². The summed E-state index contributed by atoms with van der Waals surface area (Å²) in [5.41, 5.74) is 2.21. The highest BCUT2D eigenvalue weighted by Gasteiger charge is 2.19. The standard InChI is InChI=1S/C18H24N6O/c1-15-13-17(22(2)8-5-16-3-6-19-7-4-16)21-18(20-15)24-11-9-23(14-25)10-12-24/h3-4,6-7,13-14H,5,8-12H2,1-2H3. The molecule has 0 saturated carbocycles. The van der Waals surface area contributed by atoms with Gasteiger partial charge >= 0.3 is 0 Å². The first-order valence-electron chi connectivity index (χ1n) is 8.56. The molecular formula is C18H24N6O. The van der Waals surface area contributed by atoms with Crippen molar-refractivity contribution in [3.8, 4) is 0 Å². The lowest BCUT2D eigenvalue weighted by molar-refractivity contribution is -0.118. The summed E-state index contributed by atoms with van der Waals surface area (Å²) in [5.74, 6) is 1.67. The van der Waals surface area contributed by atoms with E-state index in [4.69, 9.17) is 4.98 Å². The highest BCUT2D eigenvalue weighted by molar-refractivity contribution is 5.49. The van der Waals surface area contributed by atoms with Crippen LogP contribution in [0.25, 0.3) is 0 Å². The van der Waals surface area contributed by atoms with Gasteiger partial charge in [-0.15, -0.1) is 0 Å². The molecular weight excluding hydrogens is 316 g/mol. The molecule has 0 atom stereocenters. The van der Waals surface area contributed by atoms with Crippen LogP contribution in [0.1, 0.15) is 11.3 Å². The molecule has 25 heavy (non-hydrogen) atoms. The van der Waals surface area contributed by atoms with E-state index >= 15 is 0 Å². The van der Waals surface area contributed by atoms with Crippen LogP contribution in [-0.4, -0.2) is 66.0 Å². The third-order valence-electron chi connectivity index (χ3n) is 4.45. The van der Waals surface area contributed by atoms with Crippen LogP contribution in [0.2, 0.25) is 0 Å². The number of hydrogen-bond acceptors (Lipinski definition) is 6. The molecule has 0 unspecified atom stereocenters. The zero-order chi connectivity index (χ0) is 17.6. The highest BCUT2D eigenvalue weighted by atomic mass is 16.1. The number of hydrogen-bond donors (Lipinski definition) is 0. The fourth-order valence-electron chi connectivity index (χ4n) is 2.86. The van der Waals surface area contributed by atoms with Crippen molar-refractivity contribution in [1.82, 2.24) is 19.9 Å². The maximum absolute atomic E-state index is 10.9. The molecule has 3 rings (SSSR count). The molecule has 0 aliphatic carbocycles. The molecule has 1 fully saturated rings. The summed E-state index contributed by atoms with van der Waals surface area (Å²) >= 11 is 0. The van der Waals surface area contributed by atoms with Crippen molar-refractivity contribution >= 4 is 18.2 Å². The van der Waals surface area contributed by atoms with Crippen LogP contribution in [0, 0.1) is 6.92 Å². The summed E-state index contributed by atoms with van der Waals surface area (Å²) in [6.07, 6.45) is 5.49. The lowest BCUT2D eigenvalue weighted by atomic mass is 10.2. The molecule has 2 aromatic rings. The van der Waals surface area contributed by atoms with Crippen LogP contribution < -0.4 is 9.80 Å². The van der Waals surface area contributed by atoms with E-state index in [0.29, 0.717) is 13.1 Å². The van der Waals surface area contributed by atoms with E-state index in [0.717, 1.165) is 49.9 Å². The molecule has 1 amide bonds. The SMILES string of the molecule is Cc1cc(N(C)CCc2ccncc2)nc(N2CCN(C=O)CC2)n1. The summed E-state index contributed by atoms with van der Waals surface area (Å²) in [5, 5.41) is 0. The number of aromatic nitrogens is 3. The number of pyridine rings is 1.